The van der Waals surface area contributed by atoms with Crippen LogP contribution in [0.5, 0.6) is 0 Å². The summed E-state index contributed by atoms with van der Waals surface area (Å²) in [5.74, 6) is 0.630. The van der Waals surface area contributed by atoms with Gasteiger partial charge < -0.3 is 10.1 Å². The number of nitrogens with one attached hydrogen (secondary N) is 2. The molecular weight excluding hydrogens is 178 g/mol. The lowest BCUT2D eigenvalue weighted by Crippen LogP contribution is -2.16. The van der Waals surface area contributed by atoms with E-state index >= 15 is 0 Å². The Balaban J connectivity index is 2.09. The molecule has 2 heterocycles. The highest BCUT2D eigenvalue weighted by molar-refractivity contribution is 5.21. The lowest BCUT2D eigenvalue weighted by molar-refractivity contribution is 0.0851. The SMILES string of the molecule is CNCc1[nH]ncc1C1CCOCC1. The quantitative estimate of drug-likeness (QED) is 0.757. The average Bonchev–Trinajstić information content (AvgIpc) is 2.68. The first kappa shape index (κ1) is 9.68. The fourth-order valence-electron chi connectivity index (χ4n) is 2.00. The van der Waals surface area contributed by atoms with Gasteiger partial charge in [0.15, 0.2) is 0 Å². The molecule has 14 heavy (non-hydrogen) atoms. The first-order valence-corrected chi connectivity index (χ1v) is 5.16. The maximum Gasteiger partial charge on any atom is 0.0525 e. The topological polar surface area (TPSA) is 49.9 Å². The number of hydrogen-bond acceptors (Lipinski definition) is 3. The summed E-state index contributed by atoms with van der Waals surface area (Å²) in [6.07, 6.45) is 4.20. The van der Waals surface area contributed by atoms with Crippen molar-refractivity contribution in [3.63, 3.8) is 0 Å². The van der Waals surface area contributed by atoms with Gasteiger partial charge in [-0.15, -0.1) is 0 Å². The molecule has 0 aromatic carbocycles. The summed E-state index contributed by atoms with van der Waals surface area (Å²) in [7, 11) is 1.95. The van der Waals surface area contributed by atoms with E-state index in [9.17, 15) is 0 Å². The highest BCUT2D eigenvalue weighted by Gasteiger charge is 2.19. The standard InChI is InChI=1S/C10H17N3O/c1-11-7-10-9(6-12-13-10)8-2-4-14-5-3-8/h6,8,11H,2-5,7H2,1H3,(H,12,13). The minimum atomic E-state index is 0.630. The van der Waals surface area contributed by atoms with E-state index in [1.54, 1.807) is 0 Å². The third kappa shape index (κ3) is 1.96. The molecule has 0 spiro atoms. The second-order valence-corrected chi connectivity index (χ2v) is 3.72. The van der Waals surface area contributed by atoms with Gasteiger partial charge in [-0.3, -0.25) is 5.10 Å². The van der Waals surface area contributed by atoms with Gasteiger partial charge in [0.2, 0.25) is 0 Å². The summed E-state index contributed by atoms with van der Waals surface area (Å²) in [5.41, 5.74) is 2.59. The van der Waals surface area contributed by atoms with Crippen LogP contribution in [0.25, 0.3) is 0 Å². The molecule has 0 atom stereocenters. The van der Waals surface area contributed by atoms with Crippen molar-refractivity contribution in [3.05, 3.63) is 17.5 Å². The minimum Gasteiger partial charge on any atom is -0.381 e. The van der Waals surface area contributed by atoms with Crippen molar-refractivity contribution in [1.82, 2.24) is 15.5 Å². The number of H-pyrrole nitrogens is 1. The van der Waals surface area contributed by atoms with Crippen LogP contribution in [0, 0.1) is 0 Å². The van der Waals surface area contributed by atoms with Crippen molar-refractivity contribution in [2.24, 2.45) is 0 Å². The second-order valence-electron chi connectivity index (χ2n) is 3.72. The Kier molecular flexibility index (Phi) is 3.16. The number of rotatable bonds is 3. The molecule has 1 aliphatic heterocycles. The first-order valence-electron chi connectivity index (χ1n) is 5.16. The molecule has 1 aromatic heterocycles. The van der Waals surface area contributed by atoms with Crippen molar-refractivity contribution in [2.75, 3.05) is 20.3 Å². The number of aromatic amines is 1. The number of hydrogen-bond donors (Lipinski definition) is 2. The zero-order chi connectivity index (χ0) is 9.80. The first-order chi connectivity index (χ1) is 6.92. The van der Waals surface area contributed by atoms with Gasteiger partial charge in [-0.05, 0) is 31.4 Å². The van der Waals surface area contributed by atoms with Crippen LogP contribution in [0.4, 0.5) is 0 Å². The molecule has 1 aromatic rings. The van der Waals surface area contributed by atoms with E-state index in [4.69, 9.17) is 4.74 Å². The highest BCUT2D eigenvalue weighted by Crippen LogP contribution is 2.28. The van der Waals surface area contributed by atoms with E-state index in [-0.39, 0.29) is 0 Å². The van der Waals surface area contributed by atoms with Crippen molar-refractivity contribution >= 4 is 0 Å². The fourth-order valence-corrected chi connectivity index (χ4v) is 2.00. The molecule has 0 bridgehead atoms. The lowest BCUT2D eigenvalue weighted by atomic mass is 9.92. The van der Waals surface area contributed by atoms with Crippen molar-refractivity contribution in [1.29, 1.82) is 0 Å². The molecule has 0 saturated carbocycles. The highest BCUT2D eigenvalue weighted by atomic mass is 16.5. The largest absolute Gasteiger partial charge is 0.381 e. The van der Waals surface area contributed by atoms with E-state index in [2.05, 4.69) is 15.5 Å². The predicted molar refractivity (Wildman–Crippen MR) is 54.1 cm³/mol. The van der Waals surface area contributed by atoms with Crippen LogP contribution in [0.15, 0.2) is 6.20 Å². The molecule has 0 unspecified atom stereocenters. The van der Waals surface area contributed by atoms with Gasteiger partial charge in [0, 0.05) is 19.8 Å². The van der Waals surface area contributed by atoms with Crippen LogP contribution in [0.1, 0.15) is 30.0 Å². The molecule has 0 aliphatic carbocycles. The van der Waals surface area contributed by atoms with Crippen LogP contribution >= 0.6 is 0 Å². The predicted octanol–water partition coefficient (Wildman–Crippen LogP) is 1.02. The van der Waals surface area contributed by atoms with Gasteiger partial charge in [0.25, 0.3) is 0 Å². The number of nitrogens with zero attached hydrogens (tertiary/aromatic N) is 1. The van der Waals surface area contributed by atoms with Gasteiger partial charge in [0.1, 0.15) is 0 Å². The zero-order valence-electron chi connectivity index (χ0n) is 8.55. The molecule has 1 aliphatic rings. The maximum absolute atomic E-state index is 5.35. The average molecular weight is 195 g/mol. The summed E-state index contributed by atoms with van der Waals surface area (Å²) < 4.78 is 5.35. The van der Waals surface area contributed by atoms with E-state index in [0.29, 0.717) is 5.92 Å². The summed E-state index contributed by atoms with van der Waals surface area (Å²) in [4.78, 5) is 0. The van der Waals surface area contributed by atoms with Crippen LogP contribution < -0.4 is 5.32 Å². The molecule has 0 radical (unpaired) electrons. The Morgan fingerprint density at radius 2 is 2.36 bits per heavy atom. The summed E-state index contributed by atoms with van der Waals surface area (Å²) in [5, 5.41) is 10.3. The lowest BCUT2D eigenvalue weighted by Gasteiger charge is -2.21. The molecule has 4 heteroatoms. The summed E-state index contributed by atoms with van der Waals surface area (Å²) in [6, 6.07) is 0. The molecule has 1 fully saturated rings. The van der Waals surface area contributed by atoms with E-state index in [1.165, 1.54) is 11.3 Å². The molecule has 1 saturated heterocycles. The van der Waals surface area contributed by atoms with Gasteiger partial charge >= 0.3 is 0 Å². The Morgan fingerprint density at radius 3 is 3.07 bits per heavy atom. The van der Waals surface area contributed by atoms with Crippen molar-refractivity contribution in [3.8, 4) is 0 Å². The maximum atomic E-state index is 5.35. The van der Waals surface area contributed by atoms with Crippen LogP contribution in [-0.4, -0.2) is 30.5 Å². The van der Waals surface area contributed by atoms with Gasteiger partial charge in [-0.2, -0.15) is 5.10 Å². The number of aromatic nitrogens is 2. The van der Waals surface area contributed by atoms with E-state index in [0.717, 1.165) is 32.6 Å². The monoisotopic (exact) mass is 195 g/mol. The fraction of sp³-hybridized carbons (Fsp3) is 0.700. The smallest absolute Gasteiger partial charge is 0.0525 e. The summed E-state index contributed by atoms with van der Waals surface area (Å²) in [6.45, 7) is 2.64. The van der Waals surface area contributed by atoms with Gasteiger partial charge in [-0.25, -0.2) is 0 Å². The minimum absolute atomic E-state index is 0.630. The zero-order valence-corrected chi connectivity index (χ0v) is 8.55. The van der Waals surface area contributed by atoms with E-state index < -0.39 is 0 Å². The third-order valence-electron chi connectivity index (χ3n) is 2.77. The molecule has 78 valence electrons. The third-order valence-corrected chi connectivity index (χ3v) is 2.77. The Bertz CT molecular complexity index is 279. The molecular formula is C10H17N3O. The van der Waals surface area contributed by atoms with Crippen molar-refractivity contribution in [2.45, 2.75) is 25.3 Å². The molecule has 0 amide bonds. The van der Waals surface area contributed by atoms with E-state index in [1.807, 2.05) is 13.2 Å². The summed E-state index contributed by atoms with van der Waals surface area (Å²) >= 11 is 0. The molecule has 2 N–H and O–H groups in total. The Morgan fingerprint density at radius 1 is 1.57 bits per heavy atom. The van der Waals surface area contributed by atoms with Gasteiger partial charge in [-0.1, -0.05) is 0 Å². The Hall–Kier alpha value is -0.870. The normalized spacial score (nSPS) is 18.6. The number of ether oxygens (including phenoxy) is 1. The molecule has 4 nitrogen and oxygen atoms in total. The van der Waals surface area contributed by atoms with Crippen molar-refractivity contribution < 1.29 is 4.74 Å². The van der Waals surface area contributed by atoms with Crippen LogP contribution in [0.3, 0.4) is 0 Å². The second kappa shape index (κ2) is 4.57. The van der Waals surface area contributed by atoms with Crippen LogP contribution in [-0.2, 0) is 11.3 Å². The Labute approximate surface area is 84.0 Å². The van der Waals surface area contributed by atoms with Gasteiger partial charge in [0.05, 0.1) is 11.9 Å². The molecule has 2 rings (SSSR count). The van der Waals surface area contributed by atoms with Crippen LogP contribution in [0.2, 0.25) is 0 Å².